The van der Waals surface area contributed by atoms with E-state index in [2.05, 4.69) is 21.0 Å². The summed E-state index contributed by atoms with van der Waals surface area (Å²) in [5, 5.41) is 16.7. The maximum absolute atomic E-state index is 17.2. The van der Waals surface area contributed by atoms with Gasteiger partial charge in [-0.3, -0.25) is 0 Å². The van der Waals surface area contributed by atoms with Gasteiger partial charge < -0.3 is 29.7 Å². The summed E-state index contributed by atoms with van der Waals surface area (Å²) >= 11 is 0. The highest BCUT2D eigenvalue weighted by molar-refractivity contribution is 6.05. The van der Waals surface area contributed by atoms with Gasteiger partial charge in [0, 0.05) is 84.0 Å². The Hall–Kier alpha value is -3.97. The molecule has 4 saturated heterocycles. The van der Waals surface area contributed by atoms with Crippen LogP contribution >= 0.6 is 0 Å². The van der Waals surface area contributed by atoms with Gasteiger partial charge in [-0.2, -0.15) is 9.97 Å². The number of phenols is 1. The van der Waals surface area contributed by atoms with Crippen LogP contribution in [0.15, 0.2) is 30.3 Å². The molecule has 0 spiro atoms. The quantitative estimate of drug-likeness (QED) is 0.252. The number of ether oxygens (including phenoxy) is 2. The number of hydrogen-bond acceptors (Lipinski definition) is 8. The number of nitrogens with one attached hydrogen (secondary N) is 1. The number of piperazine rings is 1. The smallest absolute Gasteiger partial charge is 0.319 e. The fourth-order valence-corrected chi connectivity index (χ4v) is 8.99. The first-order valence-electron chi connectivity index (χ1n) is 17.5. The van der Waals surface area contributed by atoms with Gasteiger partial charge in [-0.05, 0) is 79.8 Å². The van der Waals surface area contributed by atoms with Crippen molar-refractivity contribution in [2.24, 2.45) is 17.3 Å². The van der Waals surface area contributed by atoms with Gasteiger partial charge in [0.1, 0.15) is 17.1 Å². The molecule has 2 bridgehead atoms. The third-order valence-corrected chi connectivity index (χ3v) is 11.7. The Labute approximate surface area is 280 Å². The Bertz CT molecular complexity index is 1980. The highest BCUT2D eigenvalue weighted by Crippen LogP contribution is 2.48. The summed E-state index contributed by atoms with van der Waals surface area (Å²) in [4.78, 5) is 14.7. The normalized spacial score (nSPS) is 25.9. The molecule has 5 heterocycles. The Morgan fingerprint density at radius 1 is 1.04 bits per heavy atom. The number of rotatable bonds is 7. The van der Waals surface area contributed by atoms with Crippen molar-refractivity contribution in [3.63, 3.8) is 0 Å². The van der Waals surface area contributed by atoms with Crippen molar-refractivity contribution in [1.29, 1.82) is 0 Å². The van der Waals surface area contributed by atoms with Gasteiger partial charge in [0.25, 0.3) is 0 Å². The number of phenolic OH excluding ortho intramolecular Hbond substituents is 1. The molecule has 5 aliphatic rings. The molecule has 248 valence electrons. The van der Waals surface area contributed by atoms with Crippen molar-refractivity contribution in [2.45, 2.75) is 51.6 Å². The van der Waals surface area contributed by atoms with E-state index < -0.39 is 5.82 Å². The lowest BCUT2D eigenvalue weighted by molar-refractivity contribution is 0.131. The molecule has 1 aliphatic carbocycles. The number of aromatic hydroxyl groups is 1. The first-order chi connectivity index (χ1) is 23.3. The van der Waals surface area contributed by atoms with Crippen LogP contribution in [-0.2, 0) is 4.74 Å². The topological polar surface area (TPSA) is 83.0 Å². The molecule has 4 aromatic rings. The Kier molecular flexibility index (Phi) is 7.09. The molecule has 0 amide bonds. The number of aromatic nitrogens is 2. The molecule has 4 atom stereocenters. The van der Waals surface area contributed by atoms with Gasteiger partial charge in [0.05, 0.1) is 19.8 Å². The second kappa shape index (κ2) is 11.3. The zero-order valence-electron chi connectivity index (χ0n) is 27.7. The molecule has 2 unspecified atom stereocenters. The first kappa shape index (κ1) is 30.1. The van der Waals surface area contributed by atoms with E-state index >= 15 is 4.39 Å². The van der Waals surface area contributed by atoms with E-state index in [1.165, 1.54) is 0 Å². The average molecular weight is 648 g/mol. The Balaban J connectivity index is 1.13. The summed E-state index contributed by atoms with van der Waals surface area (Å²) in [6.45, 7) is 10.9. The first-order valence-corrected chi connectivity index (χ1v) is 17.5. The summed E-state index contributed by atoms with van der Waals surface area (Å²) in [5.74, 6) is 4.43. The SMILES string of the molecule is C#Cc1c(C)ccc2cc(O)cc(-c3c(C)cc4c(N5CC6CCC(C5)N6)nc(OCC5(CN6C[C@H]7COC[C@@H]7C6)CC5)nc4c3F)c12. The molecule has 8 nitrogen and oxygen atoms in total. The second-order valence-electron chi connectivity index (χ2n) is 15.2. The van der Waals surface area contributed by atoms with Crippen LogP contribution < -0.4 is 15.0 Å². The van der Waals surface area contributed by atoms with Crippen LogP contribution in [0, 0.1) is 49.3 Å². The summed E-state index contributed by atoms with van der Waals surface area (Å²) < 4.78 is 29.4. The van der Waals surface area contributed by atoms with E-state index in [0.717, 1.165) is 99.3 Å². The number of benzene rings is 3. The molecule has 1 saturated carbocycles. The van der Waals surface area contributed by atoms with Gasteiger partial charge in [0.15, 0.2) is 5.82 Å². The van der Waals surface area contributed by atoms with Crippen molar-refractivity contribution in [1.82, 2.24) is 20.2 Å². The number of halogens is 1. The number of anilines is 1. The van der Waals surface area contributed by atoms with Crippen molar-refractivity contribution >= 4 is 27.5 Å². The number of nitrogens with zero attached hydrogens (tertiary/aromatic N) is 4. The van der Waals surface area contributed by atoms with Crippen LogP contribution in [0.5, 0.6) is 11.8 Å². The second-order valence-corrected chi connectivity index (χ2v) is 15.2. The van der Waals surface area contributed by atoms with E-state index in [4.69, 9.17) is 25.9 Å². The largest absolute Gasteiger partial charge is 0.508 e. The molecule has 2 N–H and O–H groups in total. The molecule has 3 aromatic carbocycles. The highest BCUT2D eigenvalue weighted by atomic mass is 19.1. The van der Waals surface area contributed by atoms with Crippen LogP contribution in [0.4, 0.5) is 10.2 Å². The molecule has 9 heteroatoms. The van der Waals surface area contributed by atoms with E-state index in [1.54, 1.807) is 12.1 Å². The lowest BCUT2D eigenvalue weighted by Crippen LogP contribution is -2.51. The summed E-state index contributed by atoms with van der Waals surface area (Å²) in [7, 11) is 0. The summed E-state index contributed by atoms with van der Waals surface area (Å²) in [6, 6.07) is 10.1. The molecule has 9 rings (SSSR count). The van der Waals surface area contributed by atoms with E-state index in [1.807, 2.05) is 32.0 Å². The monoisotopic (exact) mass is 647 g/mol. The molecule has 4 aliphatic heterocycles. The van der Waals surface area contributed by atoms with Crippen LogP contribution in [0.25, 0.3) is 32.8 Å². The Morgan fingerprint density at radius 3 is 2.50 bits per heavy atom. The van der Waals surface area contributed by atoms with Crippen LogP contribution in [0.3, 0.4) is 0 Å². The maximum Gasteiger partial charge on any atom is 0.319 e. The fraction of sp³-hybridized carbons (Fsp3) is 0.487. The fourth-order valence-electron chi connectivity index (χ4n) is 8.99. The van der Waals surface area contributed by atoms with Crippen LogP contribution in [0.2, 0.25) is 0 Å². The molecular formula is C39H42FN5O3. The predicted molar refractivity (Wildman–Crippen MR) is 185 cm³/mol. The molecule has 48 heavy (non-hydrogen) atoms. The molecule has 0 radical (unpaired) electrons. The van der Waals surface area contributed by atoms with Crippen LogP contribution in [-0.4, -0.2) is 84.6 Å². The summed E-state index contributed by atoms with van der Waals surface area (Å²) in [5.41, 5.74) is 3.57. The lowest BCUT2D eigenvalue weighted by atomic mass is 9.89. The third kappa shape index (κ3) is 5.08. The highest BCUT2D eigenvalue weighted by Gasteiger charge is 2.48. The number of fused-ring (bicyclic) bond motifs is 5. The van der Waals surface area contributed by atoms with Gasteiger partial charge in [-0.1, -0.05) is 18.1 Å². The minimum atomic E-state index is -0.458. The zero-order chi connectivity index (χ0) is 32.7. The van der Waals surface area contributed by atoms with Crippen molar-refractivity contribution in [2.75, 3.05) is 57.4 Å². The zero-order valence-corrected chi connectivity index (χ0v) is 27.7. The van der Waals surface area contributed by atoms with Crippen molar-refractivity contribution in [3.05, 3.63) is 52.8 Å². The van der Waals surface area contributed by atoms with Crippen LogP contribution in [0.1, 0.15) is 42.4 Å². The van der Waals surface area contributed by atoms with Crippen molar-refractivity contribution in [3.8, 4) is 35.2 Å². The number of hydrogen-bond donors (Lipinski definition) is 2. The predicted octanol–water partition coefficient (Wildman–Crippen LogP) is 5.57. The standard InChI is InChI=1S/C39H42FN5O3/c1-4-30-22(2)5-6-24-12-29(46)13-31(34(24)30)33-23(3)11-32-36(35(33)40)42-38(43-37(32)45-16-27-7-8-28(17-45)41-27)48-21-39(9-10-39)20-44-14-25-18-47-19-26(25)15-44/h1,5-6,11-13,25-28,41,46H,7-10,14-21H2,2-3H3/t25-,26-,27?,28?/m0/s1. The van der Waals surface area contributed by atoms with Crippen molar-refractivity contribution < 1.29 is 19.0 Å². The lowest BCUT2D eigenvalue weighted by Gasteiger charge is -2.34. The average Bonchev–Trinajstić information content (AvgIpc) is 3.31. The number of aryl methyl sites for hydroxylation is 2. The van der Waals surface area contributed by atoms with Gasteiger partial charge in [-0.15, -0.1) is 6.42 Å². The number of terminal acetylenes is 1. The van der Waals surface area contributed by atoms with Gasteiger partial charge >= 0.3 is 6.01 Å². The van der Waals surface area contributed by atoms with E-state index in [9.17, 15) is 5.11 Å². The molecule has 1 aromatic heterocycles. The maximum atomic E-state index is 17.2. The minimum absolute atomic E-state index is 0.0517. The third-order valence-electron chi connectivity index (χ3n) is 11.7. The summed E-state index contributed by atoms with van der Waals surface area (Å²) in [6.07, 6.45) is 10.5. The minimum Gasteiger partial charge on any atom is -0.508 e. The molecular weight excluding hydrogens is 605 g/mol. The van der Waals surface area contributed by atoms with E-state index in [0.29, 0.717) is 52.6 Å². The number of likely N-dealkylation sites (tertiary alicyclic amines) is 1. The Morgan fingerprint density at radius 2 is 1.79 bits per heavy atom. The van der Waals surface area contributed by atoms with E-state index in [-0.39, 0.29) is 22.7 Å². The molecule has 5 fully saturated rings. The van der Waals surface area contributed by atoms with Gasteiger partial charge in [-0.25, -0.2) is 4.39 Å². The van der Waals surface area contributed by atoms with Gasteiger partial charge in [0.2, 0.25) is 0 Å².